The highest BCUT2D eigenvalue weighted by Crippen LogP contribution is 2.20. The topological polar surface area (TPSA) is 58.6 Å². The number of hydrogen-bond acceptors (Lipinski definition) is 4. The summed E-state index contributed by atoms with van der Waals surface area (Å²) < 4.78 is 5.18. The molecule has 0 aliphatic carbocycles. The second-order valence-corrected chi connectivity index (χ2v) is 5.55. The van der Waals surface area contributed by atoms with Gasteiger partial charge in [-0.15, -0.1) is 0 Å². The van der Waals surface area contributed by atoms with Gasteiger partial charge in [-0.05, 0) is 49.6 Å². The first kappa shape index (κ1) is 14.0. The van der Waals surface area contributed by atoms with E-state index < -0.39 is 11.7 Å². The maximum Gasteiger partial charge on any atom is 0.408 e. The molecule has 4 nitrogen and oxygen atoms in total. The molecule has 1 aromatic heterocycles. The Morgan fingerprint density at radius 2 is 2.29 bits per heavy atom. The zero-order chi connectivity index (χ0) is 12.9. The fourth-order valence-electron chi connectivity index (χ4n) is 1.37. The van der Waals surface area contributed by atoms with Crippen LogP contribution in [-0.4, -0.2) is 23.4 Å². The molecule has 2 N–H and O–H groups in total. The number of amides is 1. The third-order valence-corrected chi connectivity index (χ3v) is 2.76. The number of aliphatic hydroxyl groups excluding tert-OH is 1. The number of nitrogens with one attached hydrogen (secondary N) is 1. The van der Waals surface area contributed by atoms with Crippen molar-refractivity contribution in [1.82, 2.24) is 5.32 Å². The lowest BCUT2D eigenvalue weighted by Crippen LogP contribution is -2.35. The van der Waals surface area contributed by atoms with Gasteiger partial charge >= 0.3 is 6.09 Å². The summed E-state index contributed by atoms with van der Waals surface area (Å²) in [6.07, 6.45) is 0.0258. The number of alkyl carbamates (subject to hydrolysis) is 1. The van der Waals surface area contributed by atoms with Crippen molar-refractivity contribution in [3.05, 3.63) is 22.4 Å². The van der Waals surface area contributed by atoms with Crippen LogP contribution < -0.4 is 5.32 Å². The summed E-state index contributed by atoms with van der Waals surface area (Å²) in [6.45, 7) is 5.48. The quantitative estimate of drug-likeness (QED) is 0.872. The first-order valence-electron chi connectivity index (χ1n) is 5.55. The van der Waals surface area contributed by atoms with Crippen LogP contribution in [0.4, 0.5) is 4.79 Å². The van der Waals surface area contributed by atoms with E-state index in [9.17, 15) is 4.79 Å². The average molecular weight is 257 g/mol. The van der Waals surface area contributed by atoms with Crippen LogP contribution in [0.1, 0.15) is 38.8 Å². The van der Waals surface area contributed by atoms with E-state index in [-0.39, 0.29) is 12.6 Å². The van der Waals surface area contributed by atoms with Gasteiger partial charge in [0.05, 0.1) is 6.04 Å². The highest BCUT2D eigenvalue weighted by molar-refractivity contribution is 7.07. The highest BCUT2D eigenvalue weighted by atomic mass is 32.1. The standard InChI is InChI=1S/C12H19NO3S/c1-12(2,3)16-11(15)13-10(4-6-14)9-5-7-17-8-9/h5,7-8,10,14H,4,6H2,1-3H3,(H,13,15). The lowest BCUT2D eigenvalue weighted by atomic mass is 10.1. The molecule has 0 fully saturated rings. The molecule has 1 rings (SSSR count). The molecule has 1 aromatic rings. The number of rotatable bonds is 4. The summed E-state index contributed by atoms with van der Waals surface area (Å²) in [4.78, 5) is 11.6. The van der Waals surface area contributed by atoms with Gasteiger partial charge in [-0.1, -0.05) is 0 Å². The predicted octanol–water partition coefficient (Wildman–Crippen LogP) is 2.70. The number of carbonyl (C=O) groups is 1. The Hall–Kier alpha value is -1.07. The van der Waals surface area contributed by atoms with E-state index in [1.165, 1.54) is 0 Å². The van der Waals surface area contributed by atoms with E-state index in [4.69, 9.17) is 9.84 Å². The summed E-state index contributed by atoms with van der Waals surface area (Å²) in [5.41, 5.74) is 0.484. The van der Waals surface area contributed by atoms with Crippen molar-refractivity contribution in [2.24, 2.45) is 0 Å². The monoisotopic (exact) mass is 257 g/mol. The van der Waals surface area contributed by atoms with Gasteiger partial charge in [0.1, 0.15) is 5.60 Å². The van der Waals surface area contributed by atoms with Gasteiger partial charge in [0.25, 0.3) is 0 Å². The van der Waals surface area contributed by atoms with E-state index in [0.29, 0.717) is 6.42 Å². The third kappa shape index (κ3) is 5.19. The lowest BCUT2D eigenvalue weighted by molar-refractivity contribution is 0.0496. The van der Waals surface area contributed by atoms with Crippen molar-refractivity contribution in [1.29, 1.82) is 0 Å². The fraction of sp³-hybridized carbons (Fsp3) is 0.583. The normalized spacial score (nSPS) is 13.2. The third-order valence-electron chi connectivity index (χ3n) is 2.05. The van der Waals surface area contributed by atoms with Gasteiger partial charge in [-0.3, -0.25) is 0 Å². The fourth-order valence-corrected chi connectivity index (χ4v) is 2.09. The maximum absolute atomic E-state index is 11.6. The van der Waals surface area contributed by atoms with Gasteiger partial charge in [0, 0.05) is 6.61 Å². The zero-order valence-electron chi connectivity index (χ0n) is 10.4. The molecule has 1 heterocycles. The Labute approximate surface area is 106 Å². The Bertz CT molecular complexity index is 343. The number of aliphatic hydroxyl groups is 1. The van der Waals surface area contributed by atoms with E-state index in [1.807, 2.05) is 37.6 Å². The predicted molar refractivity (Wildman–Crippen MR) is 68.1 cm³/mol. The van der Waals surface area contributed by atoms with Crippen LogP contribution >= 0.6 is 11.3 Å². The molecule has 96 valence electrons. The molecule has 0 saturated carbocycles. The first-order valence-corrected chi connectivity index (χ1v) is 6.49. The van der Waals surface area contributed by atoms with Crippen molar-refractivity contribution >= 4 is 17.4 Å². The average Bonchev–Trinajstić information content (AvgIpc) is 2.66. The summed E-state index contributed by atoms with van der Waals surface area (Å²) in [5.74, 6) is 0. The Morgan fingerprint density at radius 1 is 1.59 bits per heavy atom. The lowest BCUT2D eigenvalue weighted by Gasteiger charge is -2.23. The number of thiophene rings is 1. The molecule has 0 radical (unpaired) electrons. The van der Waals surface area contributed by atoms with Crippen molar-refractivity contribution < 1.29 is 14.6 Å². The molecule has 5 heteroatoms. The van der Waals surface area contributed by atoms with Crippen LogP contribution in [0.2, 0.25) is 0 Å². The molecule has 0 saturated heterocycles. The summed E-state index contributed by atoms with van der Waals surface area (Å²) in [5, 5.41) is 15.7. The second kappa shape index (κ2) is 6.02. The highest BCUT2D eigenvalue weighted by Gasteiger charge is 2.20. The Kier molecular flexibility index (Phi) is 4.96. The number of hydrogen-bond donors (Lipinski definition) is 2. The molecule has 1 unspecified atom stereocenters. The molecule has 1 atom stereocenters. The van der Waals surface area contributed by atoms with Gasteiger partial charge in [-0.2, -0.15) is 11.3 Å². The molecule has 0 aliphatic heterocycles. The Balaban J connectivity index is 2.59. The number of ether oxygens (including phenoxy) is 1. The van der Waals surface area contributed by atoms with E-state index in [1.54, 1.807) is 11.3 Å². The smallest absolute Gasteiger partial charge is 0.408 e. The van der Waals surface area contributed by atoms with Crippen LogP contribution in [0, 0.1) is 0 Å². The minimum Gasteiger partial charge on any atom is -0.444 e. The van der Waals surface area contributed by atoms with Crippen molar-refractivity contribution in [2.75, 3.05) is 6.61 Å². The van der Waals surface area contributed by atoms with Crippen LogP contribution in [0.25, 0.3) is 0 Å². The molecule has 0 bridgehead atoms. The van der Waals surface area contributed by atoms with Gasteiger partial charge < -0.3 is 15.2 Å². The van der Waals surface area contributed by atoms with E-state index in [0.717, 1.165) is 5.56 Å². The summed E-state index contributed by atoms with van der Waals surface area (Å²) in [7, 11) is 0. The minimum atomic E-state index is -0.511. The van der Waals surface area contributed by atoms with Crippen LogP contribution in [-0.2, 0) is 4.74 Å². The minimum absolute atomic E-state index is 0.0241. The van der Waals surface area contributed by atoms with Crippen LogP contribution in [0.15, 0.2) is 16.8 Å². The van der Waals surface area contributed by atoms with Crippen LogP contribution in [0.3, 0.4) is 0 Å². The van der Waals surface area contributed by atoms with Crippen molar-refractivity contribution in [2.45, 2.75) is 38.8 Å². The summed E-state index contributed by atoms with van der Waals surface area (Å²) in [6, 6.07) is 1.74. The first-order chi connectivity index (χ1) is 7.92. The second-order valence-electron chi connectivity index (χ2n) is 4.77. The molecule has 0 aromatic carbocycles. The molecular formula is C12H19NO3S. The number of carbonyl (C=O) groups excluding carboxylic acids is 1. The van der Waals surface area contributed by atoms with E-state index >= 15 is 0 Å². The SMILES string of the molecule is CC(C)(C)OC(=O)NC(CCO)c1ccsc1. The van der Waals surface area contributed by atoms with Gasteiger partial charge in [0.15, 0.2) is 0 Å². The largest absolute Gasteiger partial charge is 0.444 e. The van der Waals surface area contributed by atoms with E-state index in [2.05, 4.69) is 5.32 Å². The van der Waals surface area contributed by atoms with Crippen molar-refractivity contribution in [3.63, 3.8) is 0 Å². The summed E-state index contributed by atoms with van der Waals surface area (Å²) >= 11 is 1.56. The zero-order valence-corrected chi connectivity index (χ0v) is 11.2. The molecule has 17 heavy (non-hydrogen) atoms. The molecule has 0 aliphatic rings. The Morgan fingerprint density at radius 3 is 2.76 bits per heavy atom. The van der Waals surface area contributed by atoms with Gasteiger partial charge in [0.2, 0.25) is 0 Å². The molecule has 1 amide bonds. The molecular weight excluding hydrogens is 238 g/mol. The van der Waals surface area contributed by atoms with Gasteiger partial charge in [-0.25, -0.2) is 4.79 Å². The van der Waals surface area contributed by atoms with Crippen LogP contribution in [0.5, 0.6) is 0 Å². The maximum atomic E-state index is 11.6. The molecule has 0 spiro atoms. The van der Waals surface area contributed by atoms with Crippen molar-refractivity contribution in [3.8, 4) is 0 Å².